The molecule has 0 aromatic heterocycles. The molecule has 0 saturated carbocycles. The fourth-order valence-corrected chi connectivity index (χ4v) is 3.67. The van der Waals surface area contributed by atoms with E-state index in [4.69, 9.17) is 5.11 Å². The molecule has 1 aromatic rings. The molecule has 2 rings (SSSR count). The van der Waals surface area contributed by atoms with E-state index in [-0.39, 0.29) is 6.54 Å². The Balaban J connectivity index is 2.44. The number of carboxylic acids is 1. The minimum absolute atomic E-state index is 0.0926. The first-order valence-corrected chi connectivity index (χ1v) is 7.27. The standard InChI is InChI=1S/C10H11BrN2O4S/c1-12-9(10(14)15)6-13(18(12,16)17)8-4-2-3-7(11)5-8/h2-5,9H,6H2,1H3,(H,14,15). The summed E-state index contributed by atoms with van der Waals surface area (Å²) >= 11 is 3.25. The molecule has 1 aliphatic rings. The predicted molar refractivity (Wildman–Crippen MR) is 69.6 cm³/mol. The summed E-state index contributed by atoms with van der Waals surface area (Å²) < 4.78 is 26.9. The van der Waals surface area contributed by atoms with Gasteiger partial charge in [-0.15, -0.1) is 0 Å². The zero-order valence-electron chi connectivity index (χ0n) is 9.45. The number of anilines is 1. The number of hydrogen-bond donors (Lipinski definition) is 1. The predicted octanol–water partition coefficient (Wildman–Crippen LogP) is 0.899. The lowest BCUT2D eigenvalue weighted by molar-refractivity contribution is -0.140. The van der Waals surface area contributed by atoms with Crippen LogP contribution in [0.1, 0.15) is 0 Å². The van der Waals surface area contributed by atoms with Crippen molar-refractivity contribution in [3.8, 4) is 0 Å². The van der Waals surface area contributed by atoms with Crippen LogP contribution in [-0.4, -0.2) is 43.4 Å². The van der Waals surface area contributed by atoms with Crippen LogP contribution in [0.3, 0.4) is 0 Å². The van der Waals surface area contributed by atoms with Crippen LogP contribution in [-0.2, 0) is 15.0 Å². The molecule has 0 spiro atoms. The van der Waals surface area contributed by atoms with Gasteiger partial charge in [0, 0.05) is 11.5 Å². The number of aliphatic carboxylic acids is 1. The molecule has 1 unspecified atom stereocenters. The summed E-state index contributed by atoms with van der Waals surface area (Å²) in [7, 11) is -2.49. The molecular formula is C10H11BrN2O4S. The second-order valence-electron chi connectivity index (χ2n) is 3.89. The average molecular weight is 335 g/mol. The molecule has 1 fully saturated rings. The van der Waals surface area contributed by atoms with E-state index in [2.05, 4.69) is 15.9 Å². The summed E-state index contributed by atoms with van der Waals surface area (Å²) in [4.78, 5) is 11.0. The van der Waals surface area contributed by atoms with Crippen molar-refractivity contribution in [2.75, 3.05) is 17.9 Å². The van der Waals surface area contributed by atoms with Gasteiger partial charge in [0.25, 0.3) is 0 Å². The second kappa shape index (κ2) is 4.52. The maximum absolute atomic E-state index is 12.1. The minimum atomic E-state index is -3.76. The molecule has 98 valence electrons. The van der Waals surface area contributed by atoms with Crippen LogP contribution in [0, 0.1) is 0 Å². The van der Waals surface area contributed by atoms with Crippen molar-refractivity contribution in [1.82, 2.24) is 4.31 Å². The van der Waals surface area contributed by atoms with Crippen LogP contribution in [0.15, 0.2) is 28.7 Å². The highest BCUT2D eigenvalue weighted by atomic mass is 79.9. The number of rotatable bonds is 2. The van der Waals surface area contributed by atoms with Crippen molar-refractivity contribution in [2.24, 2.45) is 0 Å². The molecule has 1 N–H and O–H groups in total. The summed E-state index contributed by atoms with van der Waals surface area (Å²) in [6, 6.07) is 5.66. The number of nitrogens with zero attached hydrogens (tertiary/aromatic N) is 2. The van der Waals surface area contributed by atoms with Gasteiger partial charge in [0.15, 0.2) is 0 Å². The van der Waals surface area contributed by atoms with Gasteiger partial charge in [0.2, 0.25) is 0 Å². The van der Waals surface area contributed by atoms with Crippen molar-refractivity contribution in [2.45, 2.75) is 6.04 Å². The molecule has 8 heteroatoms. The third-order valence-corrected chi connectivity index (χ3v) is 5.19. The number of hydrogen-bond acceptors (Lipinski definition) is 3. The SMILES string of the molecule is CN1C(C(=O)O)CN(c2cccc(Br)c2)S1(=O)=O. The fourth-order valence-electron chi connectivity index (χ4n) is 1.79. The van der Waals surface area contributed by atoms with Crippen molar-refractivity contribution in [3.05, 3.63) is 28.7 Å². The van der Waals surface area contributed by atoms with Gasteiger partial charge < -0.3 is 5.11 Å². The monoisotopic (exact) mass is 334 g/mol. The van der Waals surface area contributed by atoms with Crippen LogP contribution in [0.2, 0.25) is 0 Å². The highest BCUT2D eigenvalue weighted by molar-refractivity contribution is 9.10. The summed E-state index contributed by atoms with van der Waals surface area (Å²) in [6.45, 7) is -0.0926. The Morgan fingerprint density at radius 1 is 1.50 bits per heavy atom. The van der Waals surface area contributed by atoms with E-state index in [0.29, 0.717) is 5.69 Å². The number of likely N-dealkylation sites (N-methyl/N-ethyl adjacent to an activating group) is 1. The molecule has 18 heavy (non-hydrogen) atoms. The Labute approximate surface area is 113 Å². The third-order valence-electron chi connectivity index (χ3n) is 2.80. The molecule has 1 atom stereocenters. The van der Waals surface area contributed by atoms with E-state index in [9.17, 15) is 13.2 Å². The summed E-state index contributed by atoms with van der Waals surface area (Å²) in [5, 5.41) is 8.99. The van der Waals surface area contributed by atoms with E-state index in [1.807, 2.05) is 0 Å². The number of halogens is 1. The Bertz CT molecular complexity index is 589. The smallest absolute Gasteiger partial charge is 0.323 e. The first-order chi connectivity index (χ1) is 8.34. The zero-order valence-corrected chi connectivity index (χ0v) is 11.8. The molecule has 1 aliphatic heterocycles. The van der Waals surface area contributed by atoms with Crippen LogP contribution >= 0.6 is 15.9 Å². The topological polar surface area (TPSA) is 77.9 Å². The summed E-state index contributed by atoms with van der Waals surface area (Å²) in [6.07, 6.45) is 0. The Kier molecular flexibility index (Phi) is 3.35. The van der Waals surface area contributed by atoms with Crippen molar-refractivity contribution in [1.29, 1.82) is 0 Å². The Morgan fingerprint density at radius 3 is 2.67 bits per heavy atom. The molecule has 6 nitrogen and oxygen atoms in total. The van der Waals surface area contributed by atoms with Crippen LogP contribution in [0.4, 0.5) is 5.69 Å². The van der Waals surface area contributed by atoms with Crippen LogP contribution in [0.5, 0.6) is 0 Å². The van der Waals surface area contributed by atoms with E-state index in [0.717, 1.165) is 13.1 Å². The van der Waals surface area contributed by atoms with Gasteiger partial charge >= 0.3 is 16.2 Å². The quantitative estimate of drug-likeness (QED) is 0.871. The first-order valence-electron chi connectivity index (χ1n) is 5.08. The molecule has 0 amide bonds. The molecule has 0 bridgehead atoms. The normalized spacial score (nSPS) is 23.2. The number of carboxylic acid groups (broad SMARTS) is 1. The van der Waals surface area contributed by atoms with Gasteiger partial charge in [-0.3, -0.25) is 9.10 Å². The molecule has 0 radical (unpaired) electrons. The zero-order chi connectivity index (χ0) is 13.5. The largest absolute Gasteiger partial charge is 0.480 e. The van der Waals surface area contributed by atoms with Gasteiger partial charge in [-0.25, -0.2) is 0 Å². The molecule has 1 saturated heterocycles. The lowest BCUT2D eigenvalue weighted by atomic mass is 10.2. The van der Waals surface area contributed by atoms with Crippen molar-refractivity contribution >= 4 is 37.8 Å². The Morgan fingerprint density at radius 2 is 2.17 bits per heavy atom. The van der Waals surface area contributed by atoms with Crippen LogP contribution < -0.4 is 4.31 Å². The van der Waals surface area contributed by atoms with Gasteiger partial charge in [-0.2, -0.15) is 12.7 Å². The molecule has 1 aromatic carbocycles. The fraction of sp³-hybridized carbons (Fsp3) is 0.300. The summed E-state index contributed by atoms with van der Waals surface area (Å²) in [5.41, 5.74) is 0.444. The number of benzene rings is 1. The maximum Gasteiger partial charge on any atom is 0.323 e. The highest BCUT2D eigenvalue weighted by Gasteiger charge is 2.45. The van der Waals surface area contributed by atoms with E-state index in [1.165, 1.54) is 7.05 Å². The van der Waals surface area contributed by atoms with Gasteiger partial charge in [0.1, 0.15) is 6.04 Å². The van der Waals surface area contributed by atoms with E-state index in [1.54, 1.807) is 24.3 Å². The Hall–Kier alpha value is -1.12. The van der Waals surface area contributed by atoms with Crippen molar-refractivity contribution in [3.63, 3.8) is 0 Å². The van der Waals surface area contributed by atoms with E-state index >= 15 is 0 Å². The lowest BCUT2D eigenvalue weighted by Crippen LogP contribution is -2.36. The average Bonchev–Trinajstić information content (AvgIpc) is 2.51. The molecule has 1 heterocycles. The van der Waals surface area contributed by atoms with E-state index < -0.39 is 22.2 Å². The maximum atomic E-state index is 12.1. The highest BCUT2D eigenvalue weighted by Crippen LogP contribution is 2.29. The molecule has 0 aliphatic carbocycles. The third kappa shape index (κ3) is 2.11. The van der Waals surface area contributed by atoms with Gasteiger partial charge in [-0.1, -0.05) is 22.0 Å². The summed E-state index contributed by atoms with van der Waals surface area (Å²) in [5.74, 6) is -1.15. The molecular weight excluding hydrogens is 324 g/mol. The second-order valence-corrected chi connectivity index (χ2v) is 6.72. The van der Waals surface area contributed by atoms with Crippen molar-refractivity contribution < 1.29 is 18.3 Å². The number of carbonyl (C=O) groups is 1. The minimum Gasteiger partial charge on any atom is -0.480 e. The van der Waals surface area contributed by atoms with Gasteiger partial charge in [0.05, 0.1) is 12.2 Å². The lowest BCUT2D eigenvalue weighted by Gasteiger charge is -2.17. The van der Waals surface area contributed by atoms with Crippen LogP contribution in [0.25, 0.3) is 0 Å². The van der Waals surface area contributed by atoms with Gasteiger partial charge in [-0.05, 0) is 18.2 Å². The first kappa shape index (κ1) is 13.3.